The van der Waals surface area contributed by atoms with Crippen molar-refractivity contribution in [3.63, 3.8) is 0 Å². The van der Waals surface area contributed by atoms with Crippen LogP contribution in [0, 0.1) is 11.8 Å². The first-order chi connectivity index (χ1) is 15.7. The van der Waals surface area contributed by atoms with Crippen molar-refractivity contribution in [2.24, 2.45) is 11.8 Å². The lowest BCUT2D eigenvalue weighted by atomic mass is 9.75. The molecule has 1 aromatic heterocycles. The first-order valence-electron chi connectivity index (χ1n) is 11.8. The number of rotatable bonds is 6. The summed E-state index contributed by atoms with van der Waals surface area (Å²) in [5.41, 5.74) is 4.40. The number of benzene rings is 2. The highest BCUT2D eigenvalue weighted by molar-refractivity contribution is 5.80. The zero-order valence-corrected chi connectivity index (χ0v) is 18.2. The van der Waals surface area contributed by atoms with Crippen LogP contribution in [0.3, 0.4) is 0 Å². The van der Waals surface area contributed by atoms with E-state index in [0.29, 0.717) is 18.0 Å². The molecule has 2 bridgehead atoms. The van der Waals surface area contributed by atoms with Crippen molar-refractivity contribution in [1.82, 2.24) is 25.2 Å². The summed E-state index contributed by atoms with van der Waals surface area (Å²) in [7, 11) is 0. The molecular formula is C26H29N5O. The Morgan fingerprint density at radius 2 is 1.72 bits per heavy atom. The largest absolute Gasteiger partial charge is 0.353 e. The summed E-state index contributed by atoms with van der Waals surface area (Å²) in [6.45, 7) is 2.81. The average Bonchev–Trinajstić information content (AvgIpc) is 3.54. The fourth-order valence-corrected chi connectivity index (χ4v) is 5.36. The monoisotopic (exact) mass is 427 g/mol. The van der Waals surface area contributed by atoms with Crippen LogP contribution in [0.15, 0.2) is 60.8 Å². The highest BCUT2D eigenvalue weighted by Crippen LogP contribution is 2.37. The molecule has 1 N–H and O–H groups in total. The van der Waals surface area contributed by atoms with E-state index < -0.39 is 0 Å². The Hall–Kier alpha value is -2.99. The molecule has 0 spiro atoms. The zero-order valence-electron chi connectivity index (χ0n) is 18.2. The van der Waals surface area contributed by atoms with Crippen LogP contribution >= 0.6 is 0 Å². The quantitative estimate of drug-likeness (QED) is 0.653. The number of nitrogens with zero attached hydrogens (tertiary/aromatic N) is 4. The third kappa shape index (κ3) is 3.95. The van der Waals surface area contributed by atoms with Gasteiger partial charge < -0.3 is 5.32 Å². The third-order valence-corrected chi connectivity index (χ3v) is 7.36. The van der Waals surface area contributed by atoms with E-state index in [1.54, 1.807) is 0 Å². The lowest BCUT2D eigenvalue weighted by molar-refractivity contribution is -0.133. The number of piperidine rings is 3. The fourth-order valence-electron chi connectivity index (χ4n) is 5.36. The molecule has 4 heterocycles. The molecule has 3 aromatic rings. The molecule has 6 heteroatoms. The van der Waals surface area contributed by atoms with E-state index in [0.717, 1.165) is 56.6 Å². The SMILES string of the molecule is O=C(NC1CC1)[C@H]1CN2CC[C@H]1C[C@@H]2Cn1cc(-c2ccc(-c3ccccc3)cc2)nn1. The maximum atomic E-state index is 12.6. The van der Waals surface area contributed by atoms with Gasteiger partial charge in [0.1, 0.15) is 5.69 Å². The first kappa shape index (κ1) is 19.7. The van der Waals surface area contributed by atoms with E-state index in [4.69, 9.17) is 0 Å². The molecule has 1 amide bonds. The second-order valence-electron chi connectivity index (χ2n) is 9.59. The van der Waals surface area contributed by atoms with E-state index in [1.165, 1.54) is 11.1 Å². The Bertz CT molecular complexity index is 1090. The van der Waals surface area contributed by atoms with Gasteiger partial charge in [0.2, 0.25) is 5.91 Å². The summed E-state index contributed by atoms with van der Waals surface area (Å²) in [4.78, 5) is 15.1. The second kappa shape index (κ2) is 8.17. The van der Waals surface area contributed by atoms with Crippen LogP contribution in [0.25, 0.3) is 22.4 Å². The summed E-state index contributed by atoms with van der Waals surface area (Å²) in [5, 5.41) is 12.1. The van der Waals surface area contributed by atoms with Crippen molar-refractivity contribution < 1.29 is 4.79 Å². The van der Waals surface area contributed by atoms with Crippen molar-refractivity contribution in [3.05, 3.63) is 60.8 Å². The summed E-state index contributed by atoms with van der Waals surface area (Å²) < 4.78 is 1.98. The van der Waals surface area contributed by atoms with Gasteiger partial charge in [-0.1, -0.05) is 59.8 Å². The van der Waals surface area contributed by atoms with Gasteiger partial charge in [-0.15, -0.1) is 5.10 Å². The average molecular weight is 428 g/mol. The van der Waals surface area contributed by atoms with Gasteiger partial charge in [-0.3, -0.25) is 14.4 Å². The molecule has 6 nitrogen and oxygen atoms in total. The number of hydrogen-bond donors (Lipinski definition) is 1. The number of amides is 1. The maximum Gasteiger partial charge on any atom is 0.224 e. The summed E-state index contributed by atoms with van der Waals surface area (Å²) in [6, 6.07) is 19.8. The fraction of sp³-hybridized carbons (Fsp3) is 0.423. The zero-order chi connectivity index (χ0) is 21.5. The predicted molar refractivity (Wildman–Crippen MR) is 124 cm³/mol. The van der Waals surface area contributed by atoms with E-state index >= 15 is 0 Å². The molecule has 0 radical (unpaired) electrons. The Morgan fingerprint density at radius 3 is 2.44 bits per heavy atom. The summed E-state index contributed by atoms with van der Waals surface area (Å²) >= 11 is 0. The van der Waals surface area contributed by atoms with Gasteiger partial charge in [-0.05, 0) is 49.3 Å². The molecule has 32 heavy (non-hydrogen) atoms. The standard InChI is InChI=1S/C26H29N5O/c32-26(27-22-10-11-22)24-16-30-13-12-21(24)14-23(30)15-31-17-25(28-29-31)20-8-6-19(7-9-20)18-4-2-1-3-5-18/h1-9,17,21-24H,10-16H2,(H,27,32)/t21-,23+,24-/m0/s1. The van der Waals surface area contributed by atoms with Crippen LogP contribution in [0.2, 0.25) is 0 Å². The van der Waals surface area contributed by atoms with E-state index in [1.807, 2.05) is 10.7 Å². The molecule has 3 saturated heterocycles. The second-order valence-corrected chi connectivity index (χ2v) is 9.59. The smallest absolute Gasteiger partial charge is 0.224 e. The topological polar surface area (TPSA) is 63.1 Å². The van der Waals surface area contributed by atoms with Crippen LogP contribution in [-0.2, 0) is 11.3 Å². The molecule has 7 rings (SSSR count). The maximum absolute atomic E-state index is 12.6. The number of carbonyl (C=O) groups is 1. The highest BCUT2D eigenvalue weighted by Gasteiger charge is 2.44. The summed E-state index contributed by atoms with van der Waals surface area (Å²) in [6.07, 6.45) is 6.57. The third-order valence-electron chi connectivity index (χ3n) is 7.36. The van der Waals surface area contributed by atoms with Crippen molar-refractivity contribution in [2.75, 3.05) is 13.1 Å². The van der Waals surface area contributed by atoms with E-state index in [9.17, 15) is 4.79 Å². The first-order valence-corrected chi connectivity index (χ1v) is 11.8. The molecule has 4 atom stereocenters. The number of fused-ring (bicyclic) bond motifs is 3. The van der Waals surface area contributed by atoms with Gasteiger partial charge in [0.15, 0.2) is 0 Å². The predicted octanol–water partition coefficient (Wildman–Crippen LogP) is 3.60. The molecule has 4 aliphatic rings. The number of nitrogens with one attached hydrogen (secondary N) is 1. The van der Waals surface area contributed by atoms with Gasteiger partial charge in [0, 0.05) is 24.2 Å². The minimum absolute atomic E-state index is 0.162. The molecular weight excluding hydrogens is 398 g/mol. The van der Waals surface area contributed by atoms with Gasteiger partial charge in [0.25, 0.3) is 0 Å². The molecule has 2 aromatic carbocycles. The number of aromatic nitrogens is 3. The lowest BCUT2D eigenvalue weighted by Crippen LogP contribution is -2.58. The van der Waals surface area contributed by atoms with Gasteiger partial charge >= 0.3 is 0 Å². The minimum atomic E-state index is 0.162. The number of carbonyl (C=O) groups excluding carboxylic acids is 1. The molecule has 1 unspecified atom stereocenters. The van der Waals surface area contributed by atoms with Crippen molar-refractivity contribution in [1.29, 1.82) is 0 Å². The Kier molecular flexibility index (Phi) is 5.02. The van der Waals surface area contributed by atoms with Crippen LogP contribution in [0.5, 0.6) is 0 Å². The highest BCUT2D eigenvalue weighted by atomic mass is 16.2. The minimum Gasteiger partial charge on any atom is -0.353 e. The summed E-state index contributed by atoms with van der Waals surface area (Å²) in [5.74, 6) is 0.940. The number of hydrogen-bond acceptors (Lipinski definition) is 4. The van der Waals surface area contributed by atoms with Crippen LogP contribution in [0.1, 0.15) is 25.7 Å². The van der Waals surface area contributed by atoms with Crippen LogP contribution in [0.4, 0.5) is 0 Å². The van der Waals surface area contributed by atoms with Gasteiger partial charge in [-0.25, -0.2) is 0 Å². The molecule has 3 aliphatic heterocycles. The van der Waals surface area contributed by atoms with E-state index in [-0.39, 0.29) is 11.8 Å². The van der Waals surface area contributed by atoms with Crippen molar-refractivity contribution in [2.45, 2.75) is 44.3 Å². The Labute approximate surface area is 188 Å². The normalized spacial score (nSPS) is 26.8. The molecule has 4 fully saturated rings. The van der Waals surface area contributed by atoms with Crippen molar-refractivity contribution in [3.8, 4) is 22.4 Å². The Balaban J connectivity index is 1.10. The van der Waals surface area contributed by atoms with Gasteiger partial charge in [-0.2, -0.15) is 0 Å². The Morgan fingerprint density at radius 1 is 0.969 bits per heavy atom. The van der Waals surface area contributed by atoms with E-state index in [2.05, 4.69) is 75.3 Å². The molecule has 1 aliphatic carbocycles. The molecule has 164 valence electrons. The van der Waals surface area contributed by atoms with Crippen LogP contribution in [-0.4, -0.2) is 51.0 Å². The van der Waals surface area contributed by atoms with Crippen molar-refractivity contribution >= 4 is 5.91 Å². The van der Waals surface area contributed by atoms with Crippen LogP contribution < -0.4 is 5.32 Å². The van der Waals surface area contributed by atoms with Gasteiger partial charge in [0.05, 0.1) is 18.7 Å². The molecule has 1 saturated carbocycles. The lowest BCUT2D eigenvalue weighted by Gasteiger charge is -2.49.